The van der Waals surface area contributed by atoms with Crippen molar-refractivity contribution in [3.8, 4) is 0 Å². The van der Waals surface area contributed by atoms with Gasteiger partial charge in [0.15, 0.2) is 0 Å². The summed E-state index contributed by atoms with van der Waals surface area (Å²) in [5, 5.41) is 7.12. The predicted octanol–water partition coefficient (Wildman–Crippen LogP) is 3.42. The molecule has 0 saturated heterocycles. The monoisotopic (exact) mass is 336 g/mol. The SMILES string of the molecule is CNC(CCC(C)=O)CNC1c2ccccc2CCc2ccccc21. The van der Waals surface area contributed by atoms with Gasteiger partial charge < -0.3 is 15.4 Å². The van der Waals surface area contributed by atoms with Gasteiger partial charge in [0.25, 0.3) is 0 Å². The summed E-state index contributed by atoms with van der Waals surface area (Å²) in [4.78, 5) is 11.3. The van der Waals surface area contributed by atoms with Gasteiger partial charge in [-0.3, -0.25) is 0 Å². The first-order valence-corrected chi connectivity index (χ1v) is 9.24. The van der Waals surface area contributed by atoms with Gasteiger partial charge in [-0.25, -0.2) is 0 Å². The average Bonchev–Trinajstić information content (AvgIpc) is 2.79. The summed E-state index contributed by atoms with van der Waals surface area (Å²) in [7, 11) is 1.97. The van der Waals surface area contributed by atoms with Crippen molar-refractivity contribution in [1.82, 2.24) is 10.6 Å². The summed E-state index contributed by atoms with van der Waals surface area (Å²) in [6.07, 6.45) is 3.68. The van der Waals surface area contributed by atoms with Gasteiger partial charge in [0.2, 0.25) is 0 Å². The van der Waals surface area contributed by atoms with E-state index in [4.69, 9.17) is 0 Å². The average molecular weight is 336 g/mol. The molecule has 2 aromatic carbocycles. The molecule has 0 saturated carbocycles. The van der Waals surface area contributed by atoms with Crippen LogP contribution in [0.15, 0.2) is 48.5 Å². The van der Waals surface area contributed by atoms with Crippen LogP contribution in [0, 0.1) is 0 Å². The summed E-state index contributed by atoms with van der Waals surface area (Å²) in [5.41, 5.74) is 5.63. The highest BCUT2D eigenvalue weighted by Gasteiger charge is 2.23. The summed E-state index contributed by atoms with van der Waals surface area (Å²) < 4.78 is 0. The number of carbonyl (C=O) groups is 1. The molecule has 1 aliphatic carbocycles. The number of hydrogen-bond acceptors (Lipinski definition) is 3. The van der Waals surface area contributed by atoms with Crippen LogP contribution in [0.5, 0.6) is 0 Å². The Morgan fingerprint density at radius 2 is 1.60 bits per heavy atom. The Balaban J connectivity index is 1.83. The lowest BCUT2D eigenvalue weighted by atomic mass is 9.94. The molecule has 3 rings (SSSR count). The van der Waals surface area contributed by atoms with E-state index in [0.717, 1.165) is 25.8 Å². The zero-order valence-corrected chi connectivity index (χ0v) is 15.2. The molecule has 1 unspecified atom stereocenters. The number of aryl methyl sites for hydroxylation is 2. The number of Topliss-reactive ketones (excluding diaryl/α,β-unsaturated/α-hetero) is 1. The van der Waals surface area contributed by atoms with E-state index in [1.807, 2.05) is 7.05 Å². The Bertz CT molecular complexity index is 678. The van der Waals surface area contributed by atoms with E-state index in [1.165, 1.54) is 22.3 Å². The zero-order chi connectivity index (χ0) is 17.6. The number of likely N-dealkylation sites (N-methyl/N-ethyl adjacent to an activating group) is 1. The molecule has 0 aromatic heterocycles. The van der Waals surface area contributed by atoms with Crippen molar-refractivity contribution in [3.05, 3.63) is 70.8 Å². The van der Waals surface area contributed by atoms with Crippen molar-refractivity contribution in [2.75, 3.05) is 13.6 Å². The van der Waals surface area contributed by atoms with Crippen LogP contribution >= 0.6 is 0 Å². The van der Waals surface area contributed by atoms with Gasteiger partial charge in [-0.1, -0.05) is 48.5 Å². The summed E-state index contributed by atoms with van der Waals surface area (Å²) in [6.45, 7) is 2.51. The van der Waals surface area contributed by atoms with Gasteiger partial charge in [0.05, 0.1) is 6.04 Å². The Morgan fingerprint density at radius 3 is 2.12 bits per heavy atom. The number of benzene rings is 2. The highest BCUT2D eigenvalue weighted by atomic mass is 16.1. The van der Waals surface area contributed by atoms with Crippen LogP contribution in [0.1, 0.15) is 48.1 Å². The van der Waals surface area contributed by atoms with Crippen molar-refractivity contribution in [3.63, 3.8) is 0 Å². The van der Waals surface area contributed by atoms with Crippen LogP contribution < -0.4 is 10.6 Å². The van der Waals surface area contributed by atoms with Crippen molar-refractivity contribution in [1.29, 1.82) is 0 Å². The summed E-state index contributed by atoms with van der Waals surface area (Å²) >= 11 is 0. The van der Waals surface area contributed by atoms with Gasteiger partial charge in [0, 0.05) is 19.0 Å². The largest absolute Gasteiger partial charge is 0.316 e. The second kappa shape index (κ2) is 8.41. The fourth-order valence-electron chi connectivity index (χ4n) is 3.73. The van der Waals surface area contributed by atoms with Crippen LogP contribution in [-0.4, -0.2) is 25.4 Å². The van der Waals surface area contributed by atoms with E-state index < -0.39 is 0 Å². The van der Waals surface area contributed by atoms with Crippen molar-refractivity contribution >= 4 is 5.78 Å². The third kappa shape index (κ3) is 4.36. The third-order valence-corrected chi connectivity index (χ3v) is 5.22. The Hall–Kier alpha value is -1.97. The number of rotatable bonds is 7. The fourth-order valence-corrected chi connectivity index (χ4v) is 3.73. The topological polar surface area (TPSA) is 41.1 Å². The Morgan fingerprint density at radius 1 is 1.04 bits per heavy atom. The van der Waals surface area contributed by atoms with E-state index in [2.05, 4.69) is 59.2 Å². The molecule has 25 heavy (non-hydrogen) atoms. The lowest BCUT2D eigenvalue weighted by Crippen LogP contribution is -2.39. The van der Waals surface area contributed by atoms with Crippen molar-refractivity contribution < 1.29 is 4.79 Å². The van der Waals surface area contributed by atoms with E-state index in [-0.39, 0.29) is 11.8 Å². The first kappa shape index (κ1) is 17.8. The van der Waals surface area contributed by atoms with Gasteiger partial charge in [0.1, 0.15) is 5.78 Å². The maximum absolute atomic E-state index is 11.3. The first-order valence-electron chi connectivity index (χ1n) is 9.24. The van der Waals surface area contributed by atoms with E-state index >= 15 is 0 Å². The normalized spacial score (nSPS) is 15.1. The highest BCUT2D eigenvalue weighted by Crippen LogP contribution is 2.32. The molecule has 0 bridgehead atoms. The van der Waals surface area contributed by atoms with Gasteiger partial charge in [-0.05, 0) is 55.5 Å². The van der Waals surface area contributed by atoms with Crippen LogP contribution in [0.25, 0.3) is 0 Å². The number of carbonyl (C=O) groups excluding carboxylic acids is 1. The third-order valence-electron chi connectivity index (χ3n) is 5.22. The molecule has 0 radical (unpaired) electrons. The summed E-state index contributed by atoms with van der Waals surface area (Å²) in [5.74, 6) is 0.255. The molecular formula is C22H28N2O. The number of ketones is 1. The maximum Gasteiger partial charge on any atom is 0.129 e. The van der Waals surface area contributed by atoms with Crippen LogP contribution in [-0.2, 0) is 17.6 Å². The molecule has 2 aromatic rings. The zero-order valence-electron chi connectivity index (χ0n) is 15.2. The van der Waals surface area contributed by atoms with E-state index in [9.17, 15) is 4.79 Å². The fraction of sp³-hybridized carbons (Fsp3) is 0.409. The van der Waals surface area contributed by atoms with Crippen molar-refractivity contribution in [2.24, 2.45) is 0 Å². The molecule has 0 fully saturated rings. The number of fused-ring (bicyclic) bond motifs is 2. The first-order chi connectivity index (χ1) is 12.2. The van der Waals surface area contributed by atoms with Crippen LogP contribution in [0.4, 0.5) is 0 Å². The van der Waals surface area contributed by atoms with E-state index in [1.54, 1.807) is 6.92 Å². The van der Waals surface area contributed by atoms with Crippen LogP contribution in [0.3, 0.4) is 0 Å². The second-order valence-corrected chi connectivity index (χ2v) is 6.97. The van der Waals surface area contributed by atoms with Crippen molar-refractivity contribution in [2.45, 2.75) is 44.7 Å². The standard InChI is InChI=1S/C22H28N2O/c1-16(25)11-14-19(23-2)15-24-22-20-9-5-3-7-17(20)12-13-18-8-4-6-10-21(18)22/h3-10,19,22-24H,11-15H2,1-2H3. The second-order valence-electron chi connectivity index (χ2n) is 6.97. The minimum absolute atomic E-state index is 0.211. The highest BCUT2D eigenvalue weighted by molar-refractivity contribution is 5.75. The quantitative estimate of drug-likeness (QED) is 0.814. The van der Waals surface area contributed by atoms with Gasteiger partial charge in [-0.15, -0.1) is 0 Å². The summed E-state index contributed by atoms with van der Waals surface area (Å²) in [6, 6.07) is 18.0. The lowest BCUT2D eigenvalue weighted by molar-refractivity contribution is -0.117. The van der Waals surface area contributed by atoms with Gasteiger partial charge in [-0.2, -0.15) is 0 Å². The molecule has 0 amide bonds. The minimum Gasteiger partial charge on any atom is -0.316 e. The Labute approximate surface area is 150 Å². The molecule has 132 valence electrons. The van der Waals surface area contributed by atoms with Gasteiger partial charge >= 0.3 is 0 Å². The van der Waals surface area contributed by atoms with E-state index in [0.29, 0.717) is 12.5 Å². The molecule has 1 aliphatic rings. The molecular weight excluding hydrogens is 308 g/mol. The molecule has 0 aliphatic heterocycles. The number of hydrogen-bond donors (Lipinski definition) is 2. The molecule has 1 atom stereocenters. The Kier molecular flexibility index (Phi) is 6.00. The maximum atomic E-state index is 11.3. The lowest BCUT2D eigenvalue weighted by Gasteiger charge is -2.25. The van der Waals surface area contributed by atoms with Crippen LogP contribution in [0.2, 0.25) is 0 Å². The molecule has 3 heteroatoms. The smallest absolute Gasteiger partial charge is 0.129 e. The minimum atomic E-state index is 0.211. The molecule has 0 heterocycles. The molecule has 3 nitrogen and oxygen atoms in total. The predicted molar refractivity (Wildman–Crippen MR) is 103 cm³/mol. The number of nitrogens with one attached hydrogen (secondary N) is 2. The molecule has 0 spiro atoms. The molecule has 2 N–H and O–H groups in total.